The Kier molecular flexibility index (Phi) is 6.96. The van der Waals surface area contributed by atoms with Crippen LogP contribution in [0.25, 0.3) is 0 Å². The highest BCUT2D eigenvalue weighted by molar-refractivity contribution is 6.30. The molecule has 5 nitrogen and oxygen atoms in total. The number of hydrogen-bond acceptors (Lipinski definition) is 4. The summed E-state index contributed by atoms with van der Waals surface area (Å²) in [6.07, 6.45) is 2.36. The molecular weight excluding hydrogens is 364 g/mol. The third-order valence-electron chi connectivity index (χ3n) is 4.76. The van der Waals surface area contributed by atoms with E-state index in [1.807, 2.05) is 18.2 Å². The Morgan fingerprint density at radius 3 is 2.56 bits per heavy atom. The SMILES string of the molecule is COc1ccccc1C(CNC(=O)COc1ccc(Cl)cc1)N1CCCC1. The maximum atomic E-state index is 12.3. The van der Waals surface area contributed by atoms with Gasteiger partial charge in [0.1, 0.15) is 11.5 Å². The van der Waals surface area contributed by atoms with Crippen molar-refractivity contribution in [2.45, 2.75) is 18.9 Å². The molecule has 0 bridgehead atoms. The maximum absolute atomic E-state index is 12.3. The van der Waals surface area contributed by atoms with Gasteiger partial charge in [0.25, 0.3) is 5.91 Å². The van der Waals surface area contributed by atoms with Gasteiger partial charge >= 0.3 is 0 Å². The van der Waals surface area contributed by atoms with Gasteiger partial charge in [-0.05, 0) is 56.3 Å². The first-order chi connectivity index (χ1) is 13.2. The monoisotopic (exact) mass is 388 g/mol. The molecule has 0 radical (unpaired) electrons. The van der Waals surface area contributed by atoms with Crippen LogP contribution >= 0.6 is 11.6 Å². The summed E-state index contributed by atoms with van der Waals surface area (Å²) in [7, 11) is 1.68. The normalized spacial score (nSPS) is 15.3. The minimum absolute atomic E-state index is 0.0275. The average Bonchev–Trinajstić information content (AvgIpc) is 3.22. The standard InChI is InChI=1S/C21H25ClN2O3/c1-26-20-7-3-2-6-18(20)19(24-12-4-5-13-24)14-23-21(25)15-27-17-10-8-16(22)9-11-17/h2-3,6-11,19H,4-5,12-15H2,1H3,(H,23,25). The Bertz CT molecular complexity index is 745. The lowest BCUT2D eigenvalue weighted by Crippen LogP contribution is -2.38. The van der Waals surface area contributed by atoms with Crippen LogP contribution in [0.2, 0.25) is 5.02 Å². The van der Waals surface area contributed by atoms with Crippen molar-refractivity contribution in [3.8, 4) is 11.5 Å². The van der Waals surface area contributed by atoms with Crippen molar-refractivity contribution in [3.05, 3.63) is 59.1 Å². The number of carbonyl (C=O) groups is 1. The van der Waals surface area contributed by atoms with E-state index >= 15 is 0 Å². The van der Waals surface area contributed by atoms with Crippen LogP contribution in [0.4, 0.5) is 0 Å². The summed E-state index contributed by atoms with van der Waals surface area (Å²) in [5.41, 5.74) is 1.10. The van der Waals surface area contributed by atoms with Gasteiger partial charge in [-0.1, -0.05) is 29.8 Å². The molecule has 1 aliphatic rings. The van der Waals surface area contributed by atoms with Gasteiger partial charge in [-0.15, -0.1) is 0 Å². The molecule has 0 saturated carbocycles. The highest BCUT2D eigenvalue weighted by Crippen LogP contribution is 2.31. The fraction of sp³-hybridized carbons (Fsp3) is 0.381. The number of benzene rings is 2. The molecule has 2 aromatic carbocycles. The lowest BCUT2D eigenvalue weighted by Gasteiger charge is -2.29. The number of ether oxygens (including phenoxy) is 2. The van der Waals surface area contributed by atoms with Gasteiger partial charge < -0.3 is 14.8 Å². The fourth-order valence-corrected chi connectivity index (χ4v) is 3.50. The van der Waals surface area contributed by atoms with E-state index in [0.29, 0.717) is 17.3 Å². The smallest absolute Gasteiger partial charge is 0.258 e. The third-order valence-corrected chi connectivity index (χ3v) is 5.01. The molecule has 144 valence electrons. The molecule has 0 aromatic heterocycles. The number of para-hydroxylation sites is 1. The van der Waals surface area contributed by atoms with Gasteiger partial charge in [0, 0.05) is 17.1 Å². The highest BCUT2D eigenvalue weighted by atomic mass is 35.5. The molecule has 1 amide bonds. The van der Waals surface area contributed by atoms with Crippen LogP contribution < -0.4 is 14.8 Å². The molecule has 6 heteroatoms. The number of methoxy groups -OCH3 is 1. The first-order valence-electron chi connectivity index (χ1n) is 9.19. The second-order valence-electron chi connectivity index (χ2n) is 6.55. The lowest BCUT2D eigenvalue weighted by molar-refractivity contribution is -0.123. The Balaban J connectivity index is 1.60. The van der Waals surface area contributed by atoms with Crippen molar-refractivity contribution in [1.29, 1.82) is 0 Å². The first kappa shape index (κ1) is 19.5. The van der Waals surface area contributed by atoms with Crippen molar-refractivity contribution in [3.63, 3.8) is 0 Å². The number of halogens is 1. The fourth-order valence-electron chi connectivity index (χ4n) is 3.37. The molecule has 1 unspecified atom stereocenters. The molecule has 1 fully saturated rings. The van der Waals surface area contributed by atoms with Gasteiger partial charge in [0.2, 0.25) is 0 Å². The van der Waals surface area contributed by atoms with Crippen LogP contribution in [0.15, 0.2) is 48.5 Å². The minimum atomic E-state index is -0.149. The summed E-state index contributed by atoms with van der Waals surface area (Å²) in [6.45, 7) is 2.54. The van der Waals surface area contributed by atoms with Gasteiger partial charge in [-0.2, -0.15) is 0 Å². The number of amides is 1. The van der Waals surface area contributed by atoms with E-state index in [1.165, 1.54) is 12.8 Å². The third kappa shape index (κ3) is 5.37. The molecule has 3 rings (SSSR count). The van der Waals surface area contributed by atoms with Crippen molar-refractivity contribution < 1.29 is 14.3 Å². The molecular formula is C21H25ClN2O3. The number of likely N-dealkylation sites (tertiary alicyclic amines) is 1. The Morgan fingerprint density at radius 1 is 1.15 bits per heavy atom. The van der Waals surface area contributed by atoms with E-state index in [4.69, 9.17) is 21.1 Å². The van der Waals surface area contributed by atoms with Gasteiger partial charge in [-0.3, -0.25) is 9.69 Å². The number of rotatable bonds is 8. The van der Waals surface area contributed by atoms with E-state index in [-0.39, 0.29) is 18.6 Å². The minimum Gasteiger partial charge on any atom is -0.496 e. The topological polar surface area (TPSA) is 50.8 Å². The van der Waals surface area contributed by atoms with Crippen molar-refractivity contribution in [2.24, 2.45) is 0 Å². The molecule has 1 atom stereocenters. The van der Waals surface area contributed by atoms with Crippen LogP contribution in [0.3, 0.4) is 0 Å². The molecule has 0 aliphatic carbocycles. The van der Waals surface area contributed by atoms with E-state index < -0.39 is 0 Å². The summed E-state index contributed by atoms with van der Waals surface area (Å²) >= 11 is 5.85. The summed E-state index contributed by atoms with van der Waals surface area (Å²) in [6, 6.07) is 15.0. The molecule has 2 aromatic rings. The van der Waals surface area contributed by atoms with Crippen molar-refractivity contribution in [1.82, 2.24) is 10.2 Å². The molecule has 1 N–H and O–H groups in total. The Labute approximate surface area is 165 Å². The maximum Gasteiger partial charge on any atom is 0.258 e. The van der Waals surface area contributed by atoms with Crippen molar-refractivity contribution >= 4 is 17.5 Å². The predicted octanol–water partition coefficient (Wildman–Crippen LogP) is 3.68. The summed E-state index contributed by atoms with van der Waals surface area (Å²) in [5.74, 6) is 1.32. The highest BCUT2D eigenvalue weighted by Gasteiger charge is 2.26. The average molecular weight is 389 g/mol. The summed E-state index contributed by atoms with van der Waals surface area (Å²) < 4.78 is 11.1. The van der Waals surface area contributed by atoms with Crippen LogP contribution in [0.1, 0.15) is 24.4 Å². The summed E-state index contributed by atoms with van der Waals surface area (Å²) in [4.78, 5) is 14.7. The van der Waals surface area contributed by atoms with Gasteiger partial charge in [0.15, 0.2) is 6.61 Å². The largest absolute Gasteiger partial charge is 0.496 e. The number of hydrogen-bond donors (Lipinski definition) is 1. The zero-order valence-electron chi connectivity index (χ0n) is 15.5. The molecule has 1 aliphatic heterocycles. The molecule has 1 saturated heterocycles. The van der Waals surface area contributed by atoms with Crippen LogP contribution in [-0.2, 0) is 4.79 Å². The van der Waals surface area contributed by atoms with Gasteiger partial charge in [-0.25, -0.2) is 0 Å². The van der Waals surface area contributed by atoms with Crippen molar-refractivity contribution in [2.75, 3.05) is 33.4 Å². The Morgan fingerprint density at radius 2 is 1.85 bits per heavy atom. The molecule has 0 spiro atoms. The second-order valence-corrected chi connectivity index (χ2v) is 6.98. The van der Waals surface area contributed by atoms with E-state index in [2.05, 4.69) is 16.3 Å². The molecule has 27 heavy (non-hydrogen) atoms. The van der Waals surface area contributed by atoms with Gasteiger partial charge in [0.05, 0.1) is 13.2 Å². The number of nitrogens with one attached hydrogen (secondary N) is 1. The van der Waals surface area contributed by atoms with E-state index in [0.717, 1.165) is 24.4 Å². The van der Waals surface area contributed by atoms with Crippen LogP contribution in [-0.4, -0.2) is 44.2 Å². The molecule has 1 heterocycles. The quantitative estimate of drug-likeness (QED) is 0.749. The Hall–Kier alpha value is -2.24. The zero-order valence-corrected chi connectivity index (χ0v) is 16.2. The lowest BCUT2D eigenvalue weighted by atomic mass is 10.0. The van der Waals surface area contributed by atoms with E-state index in [9.17, 15) is 4.79 Å². The number of nitrogens with zero attached hydrogens (tertiary/aromatic N) is 1. The first-order valence-corrected chi connectivity index (χ1v) is 9.57. The van der Waals surface area contributed by atoms with Crippen LogP contribution in [0.5, 0.6) is 11.5 Å². The number of carbonyl (C=O) groups excluding carboxylic acids is 1. The second kappa shape index (κ2) is 9.62. The zero-order chi connectivity index (χ0) is 19.1. The van der Waals surface area contributed by atoms with E-state index in [1.54, 1.807) is 31.4 Å². The summed E-state index contributed by atoms with van der Waals surface area (Å²) in [5, 5.41) is 3.64. The van der Waals surface area contributed by atoms with Crippen LogP contribution in [0, 0.1) is 0 Å². The predicted molar refractivity (Wildman–Crippen MR) is 106 cm³/mol.